The fourth-order valence-corrected chi connectivity index (χ4v) is 4.43. The van der Waals surface area contributed by atoms with E-state index in [-0.39, 0.29) is 18.6 Å². The molecule has 3 aromatic rings. The van der Waals surface area contributed by atoms with Crippen molar-refractivity contribution in [3.63, 3.8) is 0 Å². The zero-order chi connectivity index (χ0) is 25.6. The summed E-state index contributed by atoms with van der Waals surface area (Å²) in [5, 5.41) is 2.67. The van der Waals surface area contributed by atoms with Crippen molar-refractivity contribution in [1.82, 2.24) is 14.8 Å². The molecular formula is C28H30N4O5. The van der Waals surface area contributed by atoms with E-state index in [1.807, 2.05) is 41.3 Å². The number of amides is 2. The van der Waals surface area contributed by atoms with Gasteiger partial charge in [-0.1, -0.05) is 18.2 Å². The van der Waals surface area contributed by atoms with E-state index < -0.39 is 0 Å². The van der Waals surface area contributed by atoms with Gasteiger partial charge in [-0.3, -0.25) is 14.5 Å². The summed E-state index contributed by atoms with van der Waals surface area (Å²) in [6.07, 6.45) is 2.71. The molecule has 0 radical (unpaired) electrons. The van der Waals surface area contributed by atoms with E-state index in [0.717, 1.165) is 49.8 Å². The van der Waals surface area contributed by atoms with Crippen LogP contribution in [-0.2, 0) is 22.6 Å². The molecule has 0 spiro atoms. The van der Waals surface area contributed by atoms with Crippen molar-refractivity contribution in [2.75, 3.05) is 38.3 Å². The summed E-state index contributed by atoms with van der Waals surface area (Å²) in [5.74, 6) is 2.74. The van der Waals surface area contributed by atoms with Crippen molar-refractivity contribution in [2.24, 2.45) is 0 Å². The van der Waals surface area contributed by atoms with Gasteiger partial charge in [0.2, 0.25) is 24.5 Å². The van der Waals surface area contributed by atoms with Crippen LogP contribution in [0.3, 0.4) is 0 Å². The summed E-state index contributed by atoms with van der Waals surface area (Å²) >= 11 is 0. The molecule has 2 aliphatic rings. The van der Waals surface area contributed by atoms with Gasteiger partial charge in [0, 0.05) is 52.1 Å². The zero-order valence-electron chi connectivity index (χ0n) is 20.8. The predicted molar refractivity (Wildman–Crippen MR) is 138 cm³/mol. The Bertz CT molecular complexity index is 1240. The molecule has 2 amide bonds. The number of carbonyl (C=O) groups excluding carboxylic acids is 2. The highest BCUT2D eigenvalue weighted by Crippen LogP contribution is 2.33. The summed E-state index contributed by atoms with van der Waals surface area (Å²) in [7, 11) is 0. The van der Waals surface area contributed by atoms with Gasteiger partial charge >= 0.3 is 0 Å². The molecule has 0 unspecified atom stereocenters. The van der Waals surface area contributed by atoms with Gasteiger partial charge in [0.25, 0.3) is 0 Å². The summed E-state index contributed by atoms with van der Waals surface area (Å²) in [6.45, 7) is 5.75. The lowest BCUT2D eigenvalue weighted by Crippen LogP contribution is -2.48. The zero-order valence-corrected chi connectivity index (χ0v) is 20.8. The minimum absolute atomic E-state index is 0.149. The van der Waals surface area contributed by atoms with Gasteiger partial charge in [-0.25, -0.2) is 4.98 Å². The smallest absolute Gasteiger partial charge is 0.231 e. The maximum atomic E-state index is 12.8. The highest BCUT2D eigenvalue weighted by atomic mass is 16.7. The highest BCUT2D eigenvalue weighted by molar-refractivity contribution is 5.88. The number of carbonyl (C=O) groups is 2. The van der Waals surface area contributed by atoms with Crippen molar-refractivity contribution in [3.8, 4) is 23.1 Å². The minimum Gasteiger partial charge on any atom is -0.454 e. The second kappa shape index (κ2) is 11.3. The Labute approximate surface area is 216 Å². The molecule has 0 aliphatic carbocycles. The molecule has 192 valence electrons. The Morgan fingerprint density at radius 2 is 1.70 bits per heavy atom. The van der Waals surface area contributed by atoms with Gasteiger partial charge in [-0.05, 0) is 47.9 Å². The number of nitrogens with zero attached hydrogens (tertiary/aromatic N) is 3. The van der Waals surface area contributed by atoms with Crippen molar-refractivity contribution in [3.05, 3.63) is 71.9 Å². The Morgan fingerprint density at radius 1 is 0.946 bits per heavy atom. The van der Waals surface area contributed by atoms with Crippen LogP contribution >= 0.6 is 0 Å². The van der Waals surface area contributed by atoms with Crippen LogP contribution in [0, 0.1) is 0 Å². The predicted octanol–water partition coefficient (Wildman–Crippen LogP) is 3.84. The van der Waals surface area contributed by atoms with Gasteiger partial charge < -0.3 is 24.4 Å². The molecule has 5 rings (SSSR count). The molecule has 37 heavy (non-hydrogen) atoms. The lowest BCUT2D eigenvalue weighted by molar-refractivity contribution is -0.133. The minimum atomic E-state index is -0.149. The molecule has 3 heterocycles. The quantitative estimate of drug-likeness (QED) is 0.500. The first-order valence-corrected chi connectivity index (χ1v) is 12.4. The van der Waals surface area contributed by atoms with Crippen LogP contribution in [0.5, 0.6) is 23.1 Å². The fraction of sp³-hybridized carbons (Fsp3) is 0.321. The van der Waals surface area contributed by atoms with E-state index >= 15 is 0 Å². The summed E-state index contributed by atoms with van der Waals surface area (Å²) in [4.78, 5) is 32.4. The summed E-state index contributed by atoms with van der Waals surface area (Å²) < 4.78 is 16.6. The molecule has 1 saturated heterocycles. The standard InChI is InChI=1S/C28H30N4O5/c1-20(33)30-23-6-10-27(29-17-23)37-24-7-2-21(3-8-24)5-11-28(34)32-14-12-31(13-15-32)18-22-4-9-25-26(16-22)36-19-35-25/h2-4,6-10,16-17H,5,11-15,18-19H2,1H3,(H,30,33). The normalized spacial score (nSPS) is 14.9. The largest absolute Gasteiger partial charge is 0.454 e. The van der Waals surface area contributed by atoms with Crippen LogP contribution in [0.1, 0.15) is 24.5 Å². The second-order valence-corrected chi connectivity index (χ2v) is 9.16. The van der Waals surface area contributed by atoms with E-state index in [4.69, 9.17) is 14.2 Å². The van der Waals surface area contributed by atoms with Crippen LogP contribution < -0.4 is 19.5 Å². The Balaban J connectivity index is 1.04. The number of hydrogen-bond donors (Lipinski definition) is 1. The third-order valence-corrected chi connectivity index (χ3v) is 6.40. The Morgan fingerprint density at radius 3 is 2.43 bits per heavy atom. The molecule has 9 heteroatoms. The van der Waals surface area contributed by atoms with E-state index in [0.29, 0.717) is 30.2 Å². The van der Waals surface area contributed by atoms with Gasteiger partial charge in [-0.15, -0.1) is 0 Å². The first kappa shape index (κ1) is 24.6. The van der Waals surface area contributed by atoms with Gasteiger partial charge in [0.15, 0.2) is 11.5 Å². The Kier molecular flexibility index (Phi) is 7.51. The molecule has 1 N–H and O–H groups in total. The number of aryl methyl sites for hydroxylation is 1. The first-order chi connectivity index (χ1) is 18.0. The lowest BCUT2D eigenvalue weighted by Gasteiger charge is -2.34. The summed E-state index contributed by atoms with van der Waals surface area (Å²) in [6, 6.07) is 17.2. The number of ether oxygens (including phenoxy) is 3. The number of benzene rings is 2. The van der Waals surface area contributed by atoms with Gasteiger partial charge in [0.1, 0.15) is 5.75 Å². The molecule has 1 fully saturated rings. The van der Waals surface area contributed by atoms with Crippen molar-refractivity contribution in [1.29, 1.82) is 0 Å². The average Bonchev–Trinajstić information content (AvgIpc) is 3.37. The molecular weight excluding hydrogens is 472 g/mol. The number of aromatic nitrogens is 1. The number of pyridine rings is 1. The van der Waals surface area contributed by atoms with E-state index in [9.17, 15) is 9.59 Å². The third kappa shape index (κ3) is 6.56. The fourth-order valence-electron chi connectivity index (χ4n) is 4.43. The number of hydrogen-bond acceptors (Lipinski definition) is 7. The molecule has 0 bridgehead atoms. The van der Waals surface area contributed by atoms with Crippen molar-refractivity contribution in [2.45, 2.75) is 26.3 Å². The highest BCUT2D eigenvalue weighted by Gasteiger charge is 2.22. The monoisotopic (exact) mass is 502 g/mol. The molecule has 0 saturated carbocycles. The number of rotatable bonds is 8. The number of nitrogens with one attached hydrogen (secondary N) is 1. The first-order valence-electron chi connectivity index (χ1n) is 12.4. The lowest BCUT2D eigenvalue weighted by atomic mass is 10.1. The van der Waals surface area contributed by atoms with Crippen molar-refractivity contribution >= 4 is 17.5 Å². The van der Waals surface area contributed by atoms with Crippen LogP contribution in [0.4, 0.5) is 5.69 Å². The van der Waals surface area contributed by atoms with E-state index in [2.05, 4.69) is 21.3 Å². The molecule has 2 aromatic carbocycles. The molecule has 9 nitrogen and oxygen atoms in total. The van der Waals surface area contributed by atoms with Crippen LogP contribution in [0.2, 0.25) is 0 Å². The number of anilines is 1. The van der Waals surface area contributed by atoms with Gasteiger partial charge in [-0.2, -0.15) is 0 Å². The molecule has 2 aliphatic heterocycles. The third-order valence-electron chi connectivity index (χ3n) is 6.40. The van der Waals surface area contributed by atoms with E-state index in [1.165, 1.54) is 12.5 Å². The number of fused-ring (bicyclic) bond motifs is 1. The van der Waals surface area contributed by atoms with Crippen LogP contribution in [0.25, 0.3) is 0 Å². The maximum Gasteiger partial charge on any atom is 0.231 e. The van der Waals surface area contributed by atoms with Gasteiger partial charge in [0.05, 0.1) is 11.9 Å². The van der Waals surface area contributed by atoms with Crippen LogP contribution in [-0.4, -0.2) is 59.6 Å². The summed E-state index contributed by atoms with van der Waals surface area (Å²) in [5.41, 5.74) is 2.89. The Hall–Kier alpha value is -4.11. The SMILES string of the molecule is CC(=O)Nc1ccc(Oc2ccc(CCC(=O)N3CCN(Cc4ccc5c(c4)OCO5)CC3)cc2)nc1. The van der Waals surface area contributed by atoms with Crippen LogP contribution in [0.15, 0.2) is 60.8 Å². The van der Waals surface area contributed by atoms with E-state index in [1.54, 1.807) is 18.3 Å². The van der Waals surface area contributed by atoms with Crippen molar-refractivity contribution < 1.29 is 23.8 Å². The topological polar surface area (TPSA) is 93.2 Å². The molecule has 1 aromatic heterocycles. The second-order valence-electron chi connectivity index (χ2n) is 9.16. The average molecular weight is 503 g/mol. The molecule has 0 atom stereocenters. The maximum absolute atomic E-state index is 12.8. The number of piperazine rings is 1.